The van der Waals surface area contributed by atoms with Crippen LogP contribution in [0, 0.1) is 5.92 Å². The number of fused-ring (bicyclic) bond motifs is 1. The van der Waals surface area contributed by atoms with Crippen molar-refractivity contribution in [2.24, 2.45) is 5.92 Å². The summed E-state index contributed by atoms with van der Waals surface area (Å²) in [4.78, 5) is 0. The Morgan fingerprint density at radius 1 is 1.15 bits per heavy atom. The van der Waals surface area contributed by atoms with Crippen molar-refractivity contribution >= 4 is 12.9 Å². The molecular formula is C16H22BO3. The van der Waals surface area contributed by atoms with E-state index < -0.39 is 0 Å². The summed E-state index contributed by atoms with van der Waals surface area (Å²) in [6.07, 6.45) is 6.81. The number of rotatable bonds is 6. The Morgan fingerprint density at radius 3 is 2.95 bits per heavy atom. The van der Waals surface area contributed by atoms with E-state index in [1.165, 1.54) is 37.7 Å². The molecule has 0 amide bonds. The monoisotopic (exact) mass is 273 g/mol. The molecule has 0 atom stereocenters. The molecule has 4 heteroatoms. The first-order chi connectivity index (χ1) is 9.93. The standard InChI is InChI=1S/C16H22BO3/c1-2-5-13(6-3-1)11-18-9-10-19-15-8-4-7-14-12-20-17-16(14)15/h4,7-8,13H,1-3,5-6,9-12H2. The van der Waals surface area contributed by atoms with Gasteiger partial charge in [0, 0.05) is 6.61 Å². The highest BCUT2D eigenvalue weighted by molar-refractivity contribution is 6.50. The van der Waals surface area contributed by atoms with Crippen molar-refractivity contribution in [3.63, 3.8) is 0 Å². The minimum absolute atomic E-state index is 0.608. The van der Waals surface area contributed by atoms with Gasteiger partial charge in [-0.25, -0.2) is 0 Å². The number of benzene rings is 1. The van der Waals surface area contributed by atoms with Gasteiger partial charge in [0.05, 0.1) is 13.2 Å². The lowest BCUT2D eigenvalue weighted by Crippen LogP contribution is -2.19. The van der Waals surface area contributed by atoms with E-state index in [0.717, 1.165) is 23.7 Å². The zero-order valence-electron chi connectivity index (χ0n) is 12.0. The van der Waals surface area contributed by atoms with Crippen molar-refractivity contribution < 1.29 is 14.1 Å². The normalized spacial score (nSPS) is 18.6. The SMILES string of the molecule is [B]1OCc2cccc(OCCOCC3CCCCC3)c21. The molecule has 107 valence electrons. The summed E-state index contributed by atoms with van der Waals surface area (Å²) in [6.45, 7) is 2.83. The lowest BCUT2D eigenvalue weighted by molar-refractivity contribution is 0.0637. The third-order valence-corrected chi connectivity index (χ3v) is 4.16. The van der Waals surface area contributed by atoms with Crippen molar-refractivity contribution in [3.8, 4) is 5.75 Å². The fourth-order valence-electron chi connectivity index (χ4n) is 3.00. The third kappa shape index (κ3) is 3.55. The molecule has 0 aromatic heterocycles. The molecular weight excluding hydrogens is 251 g/mol. The molecule has 0 unspecified atom stereocenters. The first kappa shape index (κ1) is 14.0. The van der Waals surface area contributed by atoms with Gasteiger partial charge in [-0.3, -0.25) is 0 Å². The number of ether oxygens (including phenoxy) is 2. The van der Waals surface area contributed by atoms with Crippen LogP contribution in [0.15, 0.2) is 18.2 Å². The van der Waals surface area contributed by atoms with Crippen LogP contribution in [0.4, 0.5) is 0 Å². The summed E-state index contributed by atoms with van der Waals surface area (Å²) in [7, 11) is 1.79. The second-order valence-corrected chi connectivity index (χ2v) is 5.69. The molecule has 1 radical (unpaired) electrons. The van der Waals surface area contributed by atoms with E-state index in [2.05, 4.69) is 6.07 Å². The van der Waals surface area contributed by atoms with E-state index in [-0.39, 0.29) is 0 Å². The van der Waals surface area contributed by atoms with E-state index in [1.54, 1.807) is 7.48 Å². The Morgan fingerprint density at radius 2 is 2.05 bits per heavy atom. The minimum atomic E-state index is 0.608. The Balaban J connectivity index is 1.37. The lowest BCUT2D eigenvalue weighted by atomic mass is 9.86. The molecule has 20 heavy (non-hydrogen) atoms. The van der Waals surface area contributed by atoms with Crippen LogP contribution in [0.3, 0.4) is 0 Å². The Kier molecular flexibility index (Phi) is 4.98. The van der Waals surface area contributed by atoms with Crippen LogP contribution >= 0.6 is 0 Å². The van der Waals surface area contributed by atoms with Crippen LogP contribution in [-0.2, 0) is 16.0 Å². The summed E-state index contributed by atoms with van der Waals surface area (Å²) in [5.41, 5.74) is 2.28. The molecule has 1 aromatic carbocycles. The van der Waals surface area contributed by atoms with Crippen molar-refractivity contribution in [3.05, 3.63) is 23.8 Å². The quantitative estimate of drug-likeness (QED) is 0.588. The van der Waals surface area contributed by atoms with Crippen LogP contribution in [-0.4, -0.2) is 27.3 Å². The molecule has 1 heterocycles. The predicted molar refractivity (Wildman–Crippen MR) is 79.5 cm³/mol. The van der Waals surface area contributed by atoms with Gasteiger partial charge in [-0.1, -0.05) is 31.4 Å². The van der Waals surface area contributed by atoms with Crippen LogP contribution in [0.1, 0.15) is 37.7 Å². The van der Waals surface area contributed by atoms with Gasteiger partial charge in [0.2, 0.25) is 0 Å². The first-order valence-corrected chi connectivity index (χ1v) is 7.71. The maximum Gasteiger partial charge on any atom is 0.334 e. The van der Waals surface area contributed by atoms with Gasteiger partial charge in [-0.15, -0.1) is 0 Å². The van der Waals surface area contributed by atoms with E-state index >= 15 is 0 Å². The average Bonchev–Trinajstić information content (AvgIpc) is 2.97. The maximum absolute atomic E-state index is 5.80. The number of hydrogen-bond donors (Lipinski definition) is 0. The molecule has 1 fully saturated rings. The highest BCUT2D eigenvalue weighted by Gasteiger charge is 2.18. The van der Waals surface area contributed by atoms with Gasteiger partial charge >= 0.3 is 7.48 Å². The third-order valence-electron chi connectivity index (χ3n) is 4.16. The Hall–Kier alpha value is -0.995. The molecule has 2 aliphatic rings. The van der Waals surface area contributed by atoms with E-state index in [0.29, 0.717) is 19.8 Å². The second-order valence-electron chi connectivity index (χ2n) is 5.69. The van der Waals surface area contributed by atoms with E-state index in [4.69, 9.17) is 14.1 Å². The molecule has 1 aromatic rings. The first-order valence-electron chi connectivity index (χ1n) is 7.71. The summed E-state index contributed by atoms with van der Waals surface area (Å²) < 4.78 is 16.9. The summed E-state index contributed by atoms with van der Waals surface area (Å²) in [6, 6.07) is 6.08. The fraction of sp³-hybridized carbons (Fsp3) is 0.625. The summed E-state index contributed by atoms with van der Waals surface area (Å²) >= 11 is 0. The van der Waals surface area contributed by atoms with Crippen molar-refractivity contribution in [2.45, 2.75) is 38.7 Å². The Bertz CT molecular complexity index is 430. The highest BCUT2D eigenvalue weighted by Crippen LogP contribution is 2.23. The molecule has 0 bridgehead atoms. The van der Waals surface area contributed by atoms with Crippen molar-refractivity contribution in [2.75, 3.05) is 19.8 Å². The topological polar surface area (TPSA) is 27.7 Å². The minimum Gasteiger partial charge on any atom is -0.492 e. The van der Waals surface area contributed by atoms with Crippen LogP contribution in [0.2, 0.25) is 0 Å². The van der Waals surface area contributed by atoms with Gasteiger partial charge < -0.3 is 14.1 Å². The van der Waals surface area contributed by atoms with Crippen LogP contribution in [0.5, 0.6) is 5.75 Å². The van der Waals surface area contributed by atoms with Crippen LogP contribution < -0.4 is 10.2 Å². The predicted octanol–water partition coefficient (Wildman–Crippen LogP) is 2.44. The lowest BCUT2D eigenvalue weighted by Gasteiger charge is -2.21. The van der Waals surface area contributed by atoms with Gasteiger partial charge in [-0.2, -0.15) is 0 Å². The Labute approximate surface area is 121 Å². The summed E-state index contributed by atoms with van der Waals surface area (Å²) in [5.74, 6) is 1.67. The van der Waals surface area contributed by atoms with Gasteiger partial charge in [0.15, 0.2) is 0 Å². The van der Waals surface area contributed by atoms with Gasteiger partial charge in [-0.05, 0) is 35.9 Å². The molecule has 3 nitrogen and oxygen atoms in total. The fourth-order valence-corrected chi connectivity index (χ4v) is 3.00. The molecule has 0 saturated heterocycles. The van der Waals surface area contributed by atoms with Gasteiger partial charge in [0.25, 0.3) is 0 Å². The molecule has 1 aliphatic carbocycles. The van der Waals surface area contributed by atoms with E-state index in [9.17, 15) is 0 Å². The largest absolute Gasteiger partial charge is 0.492 e. The maximum atomic E-state index is 5.80. The molecule has 3 rings (SSSR count). The average molecular weight is 273 g/mol. The summed E-state index contributed by atoms with van der Waals surface area (Å²) in [5, 5.41) is 0. The molecule has 0 N–H and O–H groups in total. The second kappa shape index (κ2) is 7.14. The molecule has 0 spiro atoms. The molecule has 1 aliphatic heterocycles. The van der Waals surface area contributed by atoms with Crippen molar-refractivity contribution in [1.29, 1.82) is 0 Å². The number of hydrogen-bond acceptors (Lipinski definition) is 3. The molecule has 1 saturated carbocycles. The highest BCUT2D eigenvalue weighted by atomic mass is 16.5. The van der Waals surface area contributed by atoms with Crippen molar-refractivity contribution in [1.82, 2.24) is 0 Å². The zero-order valence-corrected chi connectivity index (χ0v) is 12.0. The van der Waals surface area contributed by atoms with E-state index in [1.807, 2.05) is 12.1 Å². The van der Waals surface area contributed by atoms with Crippen LogP contribution in [0.25, 0.3) is 0 Å². The smallest absolute Gasteiger partial charge is 0.334 e. The zero-order chi connectivity index (χ0) is 13.6. The van der Waals surface area contributed by atoms with Gasteiger partial charge in [0.1, 0.15) is 12.4 Å².